The molecule has 0 amide bonds. The molecule has 0 spiro atoms. The summed E-state index contributed by atoms with van der Waals surface area (Å²) < 4.78 is 9.66. The molecule has 1 unspecified atom stereocenters. The first kappa shape index (κ1) is 6.95. The molecule has 12 heavy (non-hydrogen) atoms. The van der Waals surface area contributed by atoms with Crippen LogP contribution in [0.2, 0.25) is 0 Å². The Morgan fingerprint density at radius 1 is 1.33 bits per heavy atom. The van der Waals surface area contributed by atoms with Crippen molar-refractivity contribution >= 4 is 0 Å². The van der Waals surface area contributed by atoms with Gasteiger partial charge in [0.1, 0.15) is 0 Å². The van der Waals surface area contributed by atoms with Gasteiger partial charge in [-0.05, 0) is 12.1 Å². The summed E-state index contributed by atoms with van der Waals surface area (Å²) in [4.78, 5) is 0. The highest BCUT2D eigenvalue weighted by atomic mass is 16.8. The minimum Gasteiger partial charge on any atom is -0.428 e. The summed E-state index contributed by atoms with van der Waals surface area (Å²) in [6, 6.07) is 6.66. The summed E-state index contributed by atoms with van der Waals surface area (Å²) in [5.41, 5.74) is 0.478. The smallest absolute Gasteiger partial charge is 0.358 e. The maximum atomic E-state index is 8.89. The van der Waals surface area contributed by atoms with Gasteiger partial charge < -0.3 is 14.6 Å². The van der Waals surface area contributed by atoms with E-state index >= 15 is 0 Å². The third-order valence-corrected chi connectivity index (χ3v) is 1.53. The van der Waals surface area contributed by atoms with Crippen LogP contribution < -0.4 is 9.47 Å². The van der Waals surface area contributed by atoms with Gasteiger partial charge in [0.25, 0.3) is 0 Å². The fraction of sp³-hybridized carbons (Fsp3) is 0.125. The molecule has 0 saturated heterocycles. The SMILES string of the molecule is N#Cc1ccc2c(c1)OC(O)O2. The lowest BCUT2D eigenvalue weighted by molar-refractivity contribution is -0.133. The second-order valence-electron chi connectivity index (χ2n) is 2.32. The number of fused-ring (bicyclic) bond motifs is 1. The van der Waals surface area contributed by atoms with E-state index < -0.39 is 6.48 Å². The minimum atomic E-state index is -1.24. The van der Waals surface area contributed by atoms with Crippen molar-refractivity contribution in [1.82, 2.24) is 0 Å². The molecule has 4 heteroatoms. The number of hydrogen-bond donors (Lipinski definition) is 1. The van der Waals surface area contributed by atoms with Crippen LogP contribution in [0.4, 0.5) is 0 Å². The van der Waals surface area contributed by atoms with Crippen molar-refractivity contribution < 1.29 is 14.6 Å². The van der Waals surface area contributed by atoms with Crippen LogP contribution in [-0.4, -0.2) is 11.6 Å². The average molecular weight is 163 g/mol. The van der Waals surface area contributed by atoms with Crippen molar-refractivity contribution in [3.05, 3.63) is 23.8 Å². The molecule has 0 fully saturated rings. The summed E-state index contributed by atoms with van der Waals surface area (Å²) in [5.74, 6) is 0.864. The Morgan fingerprint density at radius 2 is 2.08 bits per heavy atom. The second kappa shape index (κ2) is 2.40. The molecule has 0 aromatic heterocycles. The first-order chi connectivity index (χ1) is 5.79. The summed E-state index contributed by atoms with van der Waals surface area (Å²) in [7, 11) is 0. The lowest BCUT2D eigenvalue weighted by atomic mass is 10.2. The van der Waals surface area contributed by atoms with Crippen molar-refractivity contribution in [3.8, 4) is 17.6 Å². The lowest BCUT2D eigenvalue weighted by Gasteiger charge is -1.97. The van der Waals surface area contributed by atoms with E-state index in [-0.39, 0.29) is 0 Å². The van der Waals surface area contributed by atoms with E-state index in [2.05, 4.69) is 0 Å². The molecule has 0 bridgehead atoms. The highest BCUT2D eigenvalue weighted by Gasteiger charge is 2.21. The zero-order valence-corrected chi connectivity index (χ0v) is 6.02. The van der Waals surface area contributed by atoms with Gasteiger partial charge >= 0.3 is 6.48 Å². The molecule has 1 aromatic carbocycles. The van der Waals surface area contributed by atoms with Gasteiger partial charge in [-0.15, -0.1) is 0 Å². The van der Waals surface area contributed by atoms with Crippen LogP contribution in [0.5, 0.6) is 11.5 Å². The Kier molecular flexibility index (Phi) is 1.39. The number of benzene rings is 1. The number of aliphatic hydroxyl groups excluding tert-OH is 1. The van der Waals surface area contributed by atoms with E-state index in [4.69, 9.17) is 19.8 Å². The topological polar surface area (TPSA) is 62.5 Å². The van der Waals surface area contributed by atoms with Gasteiger partial charge in [-0.3, -0.25) is 0 Å². The molecule has 1 aromatic rings. The molecule has 1 atom stereocenters. The average Bonchev–Trinajstić information content (AvgIpc) is 2.43. The Morgan fingerprint density at radius 3 is 2.83 bits per heavy atom. The molecule has 0 saturated carbocycles. The van der Waals surface area contributed by atoms with Crippen molar-refractivity contribution in [3.63, 3.8) is 0 Å². The second-order valence-corrected chi connectivity index (χ2v) is 2.32. The van der Waals surface area contributed by atoms with Crippen LogP contribution in [0.25, 0.3) is 0 Å². The van der Waals surface area contributed by atoms with Crippen LogP contribution >= 0.6 is 0 Å². The van der Waals surface area contributed by atoms with Gasteiger partial charge in [-0.1, -0.05) is 0 Å². The molecule has 4 nitrogen and oxygen atoms in total. The number of ether oxygens (including phenoxy) is 2. The molecular weight excluding hydrogens is 158 g/mol. The number of hydrogen-bond acceptors (Lipinski definition) is 4. The van der Waals surface area contributed by atoms with Crippen LogP contribution in [0.15, 0.2) is 18.2 Å². The van der Waals surface area contributed by atoms with Crippen molar-refractivity contribution in [1.29, 1.82) is 5.26 Å². The summed E-state index contributed by atoms with van der Waals surface area (Å²) in [5, 5.41) is 17.4. The molecule has 0 aliphatic carbocycles. The predicted molar refractivity (Wildman–Crippen MR) is 38.4 cm³/mol. The van der Waals surface area contributed by atoms with Crippen molar-refractivity contribution in [2.45, 2.75) is 6.48 Å². The number of aliphatic hydroxyl groups is 1. The predicted octanol–water partition coefficient (Wildman–Crippen LogP) is 0.605. The minimum absolute atomic E-state index is 0.404. The van der Waals surface area contributed by atoms with Gasteiger partial charge in [0, 0.05) is 6.07 Å². The van der Waals surface area contributed by atoms with Gasteiger partial charge in [-0.25, -0.2) is 0 Å². The maximum absolute atomic E-state index is 8.89. The molecule has 1 aliphatic rings. The van der Waals surface area contributed by atoms with Crippen molar-refractivity contribution in [2.75, 3.05) is 0 Å². The zero-order chi connectivity index (χ0) is 8.55. The Labute approximate surface area is 68.6 Å². The molecule has 60 valence electrons. The van der Waals surface area contributed by atoms with Gasteiger partial charge in [0.05, 0.1) is 11.6 Å². The van der Waals surface area contributed by atoms with Gasteiger partial charge in [-0.2, -0.15) is 5.26 Å². The summed E-state index contributed by atoms with van der Waals surface area (Å²) in [6.45, 7) is -1.24. The molecule has 1 aliphatic heterocycles. The monoisotopic (exact) mass is 163 g/mol. The van der Waals surface area contributed by atoms with E-state index in [1.54, 1.807) is 12.1 Å². The summed E-state index contributed by atoms with van der Waals surface area (Å²) >= 11 is 0. The third kappa shape index (κ3) is 0.966. The molecular formula is C8H5NO3. The molecule has 1 heterocycles. The lowest BCUT2D eigenvalue weighted by Crippen LogP contribution is -2.15. The molecule has 0 radical (unpaired) electrons. The summed E-state index contributed by atoms with van der Waals surface area (Å²) in [6.07, 6.45) is 0. The highest BCUT2D eigenvalue weighted by Crippen LogP contribution is 2.34. The van der Waals surface area contributed by atoms with E-state index in [0.29, 0.717) is 17.1 Å². The molecule has 1 N–H and O–H groups in total. The highest BCUT2D eigenvalue weighted by molar-refractivity contribution is 5.48. The Bertz CT molecular complexity index is 356. The number of nitrogens with zero attached hydrogens (tertiary/aromatic N) is 1. The standard InChI is InChI=1S/C8H5NO3/c9-4-5-1-2-6-7(3-5)12-8(10)11-6/h1-3,8,10H. The first-order valence-electron chi connectivity index (χ1n) is 3.35. The number of rotatable bonds is 0. The van der Waals surface area contributed by atoms with Gasteiger partial charge in [0.2, 0.25) is 0 Å². The molecule has 2 rings (SSSR count). The van der Waals surface area contributed by atoms with Crippen LogP contribution in [0.3, 0.4) is 0 Å². The first-order valence-corrected chi connectivity index (χ1v) is 3.35. The maximum Gasteiger partial charge on any atom is 0.358 e. The quantitative estimate of drug-likeness (QED) is 0.608. The van der Waals surface area contributed by atoms with E-state index in [1.807, 2.05) is 6.07 Å². The van der Waals surface area contributed by atoms with E-state index in [0.717, 1.165) is 0 Å². The van der Waals surface area contributed by atoms with E-state index in [9.17, 15) is 0 Å². The normalized spacial score (nSPS) is 18.8. The zero-order valence-electron chi connectivity index (χ0n) is 6.02. The third-order valence-electron chi connectivity index (χ3n) is 1.53. The van der Waals surface area contributed by atoms with E-state index in [1.165, 1.54) is 6.07 Å². The van der Waals surface area contributed by atoms with Crippen LogP contribution in [0.1, 0.15) is 5.56 Å². The van der Waals surface area contributed by atoms with Gasteiger partial charge in [0.15, 0.2) is 11.5 Å². The number of nitriles is 1. The largest absolute Gasteiger partial charge is 0.428 e. The van der Waals surface area contributed by atoms with Crippen LogP contribution in [0, 0.1) is 11.3 Å². The Hall–Kier alpha value is -1.73. The Balaban J connectivity index is 2.44. The fourth-order valence-electron chi connectivity index (χ4n) is 1.01. The van der Waals surface area contributed by atoms with Crippen LogP contribution in [-0.2, 0) is 0 Å². The fourth-order valence-corrected chi connectivity index (χ4v) is 1.01. The van der Waals surface area contributed by atoms with Crippen molar-refractivity contribution in [2.24, 2.45) is 0 Å².